The first-order chi connectivity index (χ1) is 16.5. The van der Waals surface area contributed by atoms with Crippen molar-refractivity contribution in [2.75, 3.05) is 0 Å². The fraction of sp³-hybridized carbons (Fsp3) is 0.194. The van der Waals surface area contributed by atoms with E-state index >= 15 is 0 Å². The van der Waals surface area contributed by atoms with Gasteiger partial charge in [0.1, 0.15) is 0 Å². The molecule has 0 spiro atoms. The Hall–Kier alpha value is -2.85. The molecule has 0 saturated carbocycles. The van der Waals surface area contributed by atoms with E-state index in [1.54, 1.807) is 6.92 Å². The zero-order chi connectivity index (χ0) is 24.3. The fourth-order valence-electron chi connectivity index (χ4n) is 3.87. The van der Waals surface area contributed by atoms with E-state index in [2.05, 4.69) is 105 Å². The Bertz CT molecular complexity index is 1030. The Morgan fingerprint density at radius 2 is 1.03 bits per heavy atom. The summed E-state index contributed by atoms with van der Waals surface area (Å²) >= 11 is -1.98. The van der Waals surface area contributed by atoms with E-state index < -0.39 is 31.6 Å². The normalized spacial score (nSPS) is 11.6. The first kappa shape index (κ1) is 25.8. The topological polar surface area (TPSA) is 37.3 Å². The van der Waals surface area contributed by atoms with Crippen LogP contribution in [-0.4, -0.2) is 30.8 Å². The van der Waals surface area contributed by atoms with Crippen molar-refractivity contribution in [3.8, 4) is 0 Å². The van der Waals surface area contributed by atoms with Gasteiger partial charge in [-0.2, -0.15) is 0 Å². The SMILES string of the molecule is CC(C)Cc1ccc(C(C)C(=O)O)cc1.c1cc[c]([Sn]([c]2ccccc2)[c]2ccccc2)cc1. The molecule has 0 aliphatic heterocycles. The first-order valence-electron chi connectivity index (χ1n) is 11.8. The molecule has 1 atom stereocenters. The van der Waals surface area contributed by atoms with E-state index in [0.29, 0.717) is 5.92 Å². The predicted octanol–water partition coefficient (Wildman–Crippen LogP) is 5.28. The molecule has 1 N–H and O–H groups in total. The van der Waals surface area contributed by atoms with Crippen LogP contribution in [-0.2, 0) is 11.2 Å². The molecule has 0 aromatic heterocycles. The molecule has 0 amide bonds. The van der Waals surface area contributed by atoms with E-state index in [0.717, 1.165) is 12.0 Å². The summed E-state index contributed by atoms with van der Waals surface area (Å²) in [6.45, 7) is 6.06. The Morgan fingerprint density at radius 1 is 0.647 bits per heavy atom. The van der Waals surface area contributed by atoms with Gasteiger partial charge < -0.3 is 5.11 Å². The van der Waals surface area contributed by atoms with Crippen LogP contribution in [0.2, 0.25) is 0 Å². The Kier molecular flexibility index (Phi) is 9.96. The Balaban J connectivity index is 0.000000197. The predicted molar refractivity (Wildman–Crippen MR) is 145 cm³/mol. The van der Waals surface area contributed by atoms with Crippen LogP contribution >= 0.6 is 0 Å². The van der Waals surface area contributed by atoms with Crippen LogP contribution in [0.3, 0.4) is 0 Å². The van der Waals surface area contributed by atoms with Crippen molar-refractivity contribution < 1.29 is 9.90 Å². The Labute approximate surface area is 211 Å². The van der Waals surface area contributed by atoms with Gasteiger partial charge in [-0.3, -0.25) is 4.79 Å². The van der Waals surface area contributed by atoms with E-state index in [1.165, 1.54) is 16.3 Å². The minimum atomic E-state index is -1.98. The van der Waals surface area contributed by atoms with E-state index in [-0.39, 0.29) is 0 Å². The molecule has 0 bridgehead atoms. The second-order valence-electron chi connectivity index (χ2n) is 8.87. The summed E-state index contributed by atoms with van der Waals surface area (Å²) in [5, 5.41) is 8.85. The van der Waals surface area contributed by atoms with Gasteiger partial charge in [-0.25, -0.2) is 0 Å². The van der Waals surface area contributed by atoms with E-state index in [1.807, 2.05) is 24.3 Å². The van der Waals surface area contributed by atoms with Crippen molar-refractivity contribution in [3.05, 3.63) is 126 Å². The summed E-state index contributed by atoms with van der Waals surface area (Å²) in [5.41, 5.74) is 2.14. The summed E-state index contributed by atoms with van der Waals surface area (Å²) in [6.07, 6.45) is 1.04. The molecule has 0 fully saturated rings. The van der Waals surface area contributed by atoms with Crippen molar-refractivity contribution in [2.45, 2.75) is 33.1 Å². The summed E-state index contributed by atoms with van der Waals surface area (Å²) in [5.74, 6) is -0.558. The van der Waals surface area contributed by atoms with Gasteiger partial charge in [-0.05, 0) is 30.4 Å². The van der Waals surface area contributed by atoms with Gasteiger partial charge in [-0.1, -0.05) is 38.1 Å². The standard InChI is InChI=1S/C13H18O2.3C6H5.Sn/c1-9(2)8-11-4-6-12(7-5-11)10(3)13(14)15;3*1-2-4-6-5-3-1;/h4-7,9-10H,8H2,1-3H3,(H,14,15);3*1-5H;. The van der Waals surface area contributed by atoms with Crippen LogP contribution in [0.4, 0.5) is 0 Å². The van der Waals surface area contributed by atoms with Crippen molar-refractivity contribution in [3.63, 3.8) is 0 Å². The maximum atomic E-state index is 10.8. The van der Waals surface area contributed by atoms with Gasteiger partial charge in [0.05, 0.1) is 5.92 Å². The van der Waals surface area contributed by atoms with Crippen molar-refractivity contribution in [1.82, 2.24) is 0 Å². The molecule has 0 saturated heterocycles. The van der Waals surface area contributed by atoms with E-state index in [4.69, 9.17) is 5.11 Å². The Morgan fingerprint density at radius 3 is 1.35 bits per heavy atom. The molecule has 3 heteroatoms. The molecule has 4 rings (SSSR count). The molecule has 4 aromatic carbocycles. The van der Waals surface area contributed by atoms with Crippen LogP contribution in [0.25, 0.3) is 0 Å². The molecule has 0 aliphatic carbocycles. The molecule has 0 aliphatic rings. The molecular formula is C31H33O2Sn. The molecule has 173 valence electrons. The third-order valence-corrected chi connectivity index (χ3v) is 13.5. The number of rotatable bonds is 7. The van der Waals surface area contributed by atoms with Crippen LogP contribution in [0, 0.1) is 5.92 Å². The van der Waals surface area contributed by atoms with E-state index in [9.17, 15) is 4.79 Å². The van der Waals surface area contributed by atoms with Crippen LogP contribution in [0.5, 0.6) is 0 Å². The molecule has 4 aromatic rings. The van der Waals surface area contributed by atoms with Gasteiger partial charge in [0, 0.05) is 0 Å². The van der Waals surface area contributed by atoms with Crippen molar-refractivity contribution in [1.29, 1.82) is 0 Å². The van der Waals surface area contributed by atoms with Crippen molar-refractivity contribution >= 4 is 36.5 Å². The molecular weight excluding hydrogens is 523 g/mol. The van der Waals surface area contributed by atoms with Gasteiger partial charge in [0.15, 0.2) is 0 Å². The third kappa shape index (κ3) is 7.59. The second-order valence-corrected chi connectivity index (χ2v) is 16.0. The van der Waals surface area contributed by atoms with Crippen LogP contribution < -0.4 is 10.7 Å². The molecule has 0 heterocycles. The average molecular weight is 556 g/mol. The first-order valence-corrected chi connectivity index (χ1v) is 16.1. The number of carbonyl (C=O) groups is 1. The summed E-state index contributed by atoms with van der Waals surface area (Å²) in [6, 6.07) is 40.8. The number of aliphatic carboxylic acids is 1. The second kappa shape index (κ2) is 13.1. The molecule has 1 unspecified atom stereocenters. The average Bonchev–Trinajstić information content (AvgIpc) is 2.86. The number of hydrogen-bond acceptors (Lipinski definition) is 1. The van der Waals surface area contributed by atoms with Crippen LogP contribution in [0.1, 0.15) is 37.8 Å². The molecule has 34 heavy (non-hydrogen) atoms. The van der Waals surface area contributed by atoms with Gasteiger partial charge >= 0.3 is 127 Å². The summed E-state index contributed by atoms with van der Waals surface area (Å²) < 4.78 is 4.59. The minimum absolute atomic E-state index is 0.418. The van der Waals surface area contributed by atoms with Crippen molar-refractivity contribution in [2.24, 2.45) is 5.92 Å². The third-order valence-electron chi connectivity index (χ3n) is 5.68. The zero-order valence-electron chi connectivity index (χ0n) is 20.2. The molecule has 1 radical (unpaired) electrons. The van der Waals surface area contributed by atoms with Gasteiger partial charge in [0.2, 0.25) is 0 Å². The quantitative estimate of drug-likeness (QED) is 0.315. The van der Waals surface area contributed by atoms with Crippen LogP contribution in [0.15, 0.2) is 115 Å². The number of hydrogen-bond donors (Lipinski definition) is 1. The summed E-state index contributed by atoms with van der Waals surface area (Å²) in [7, 11) is 0. The van der Waals surface area contributed by atoms with Gasteiger partial charge in [0.25, 0.3) is 0 Å². The zero-order valence-corrected chi connectivity index (χ0v) is 23.0. The van der Waals surface area contributed by atoms with Gasteiger partial charge in [-0.15, -0.1) is 0 Å². The number of carboxylic acids is 1. The summed E-state index contributed by atoms with van der Waals surface area (Å²) in [4.78, 5) is 10.8. The fourth-order valence-corrected chi connectivity index (χ4v) is 11.2. The maximum absolute atomic E-state index is 10.8. The number of benzene rings is 4. The monoisotopic (exact) mass is 557 g/mol. The number of carboxylic acid groups (broad SMARTS) is 1. The molecule has 2 nitrogen and oxygen atoms in total.